The zero-order chi connectivity index (χ0) is 26.1. The van der Waals surface area contributed by atoms with Crippen molar-refractivity contribution in [2.24, 2.45) is 10.1 Å². The zero-order valence-electron chi connectivity index (χ0n) is 21.7. The maximum Gasteiger partial charge on any atom is 0.211 e. The Hall–Kier alpha value is -3.67. The number of aryl methyl sites for hydroxylation is 4. The van der Waals surface area contributed by atoms with Crippen LogP contribution < -0.4 is 4.80 Å². The molecule has 186 valence electrons. The number of nitrogens with zero attached hydrogens (tertiary/aromatic N) is 4. The molecule has 0 aliphatic carbocycles. The molecular weight excluding hydrogens is 496 g/mol. The van der Waals surface area contributed by atoms with Crippen molar-refractivity contribution >= 4 is 34.8 Å². The molecule has 0 saturated heterocycles. The van der Waals surface area contributed by atoms with E-state index in [1.165, 1.54) is 11.1 Å². The molecule has 0 aliphatic heterocycles. The number of thiazole rings is 1. The van der Waals surface area contributed by atoms with Crippen molar-refractivity contribution in [3.05, 3.63) is 122 Å². The summed E-state index contributed by atoms with van der Waals surface area (Å²) < 4.78 is 4.17. The maximum absolute atomic E-state index is 6.11. The zero-order valence-corrected chi connectivity index (χ0v) is 23.2. The molecule has 2 heterocycles. The van der Waals surface area contributed by atoms with E-state index in [1.807, 2.05) is 35.2 Å². The monoisotopic (exact) mass is 524 g/mol. The summed E-state index contributed by atoms with van der Waals surface area (Å²) in [5.41, 5.74) is 11.0. The highest BCUT2D eigenvalue weighted by Gasteiger charge is 2.12. The molecule has 0 saturated carbocycles. The van der Waals surface area contributed by atoms with Crippen LogP contribution in [0.25, 0.3) is 16.9 Å². The van der Waals surface area contributed by atoms with Crippen LogP contribution in [0.1, 0.15) is 33.6 Å². The molecule has 5 rings (SSSR count). The summed E-state index contributed by atoms with van der Waals surface area (Å²) >= 11 is 7.71. The molecule has 0 aliphatic rings. The molecule has 4 nitrogen and oxygen atoms in total. The first-order valence-electron chi connectivity index (χ1n) is 12.2. The van der Waals surface area contributed by atoms with Crippen molar-refractivity contribution < 1.29 is 0 Å². The Morgan fingerprint density at radius 2 is 1.51 bits per heavy atom. The van der Waals surface area contributed by atoms with Gasteiger partial charge in [-0.3, -0.25) is 0 Å². The first-order valence-corrected chi connectivity index (χ1v) is 13.4. The Kier molecular flexibility index (Phi) is 7.00. The number of rotatable bonds is 5. The highest BCUT2D eigenvalue weighted by Crippen LogP contribution is 2.25. The smallest absolute Gasteiger partial charge is 0.211 e. The Morgan fingerprint density at radius 3 is 2.24 bits per heavy atom. The fourth-order valence-corrected chi connectivity index (χ4v) is 5.36. The van der Waals surface area contributed by atoms with E-state index >= 15 is 0 Å². The topological polar surface area (TPSA) is 34.6 Å². The van der Waals surface area contributed by atoms with Crippen molar-refractivity contribution in [2.45, 2.75) is 34.6 Å². The first kappa shape index (κ1) is 25.0. The molecule has 0 bridgehead atoms. The summed E-state index contributed by atoms with van der Waals surface area (Å²) in [6, 6.07) is 24.9. The predicted molar refractivity (Wildman–Crippen MR) is 157 cm³/mol. The van der Waals surface area contributed by atoms with E-state index in [4.69, 9.17) is 21.7 Å². The number of hydrogen-bond acceptors (Lipinski definition) is 3. The average molecular weight is 525 g/mol. The van der Waals surface area contributed by atoms with Gasteiger partial charge in [0.1, 0.15) is 0 Å². The van der Waals surface area contributed by atoms with E-state index in [-0.39, 0.29) is 0 Å². The highest BCUT2D eigenvalue weighted by atomic mass is 35.5. The second-order valence-corrected chi connectivity index (χ2v) is 10.6. The van der Waals surface area contributed by atoms with Gasteiger partial charge in [0.05, 0.1) is 17.6 Å². The molecule has 37 heavy (non-hydrogen) atoms. The number of benzene rings is 3. The van der Waals surface area contributed by atoms with Gasteiger partial charge in [-0.15, -0.1) is 11.3 Å². The summed E-state index contributed by atoms with van der Waals surface area (Å²) in [5, 5.41) is 7.84. The highest BCUT2D eigenvalue weighted by molar-refractivity contribution is 7.07. The van der Waals surface area contributed by atoms with E-state index in [1.54, 1.807) is 11.3 Å². The largest absolute Gasteiger partial charge is 0.318 e. The Bertz CT molecular complexity index is 1670. The number of aromatic nitrogens is 2. The van der Waals surface area contributed by atoms with Gasteiger partial charge in [-0.1, -0.05) is 53.6 Å². The number of halogens is 1. The second-order valence-electron chi connectivity index (χ2n) is 9.37. The van der Waals surface area contributed by atoms with Crippen molar-refractivity contribution in [2.75, 3.05) is 0 Å². The van der Waals surface area contributed by atoms with E-state index in [2.05, 4.69) is 93.1 Å². The van der Waals surface area contributed by atoms with Gasteiger partial charge >= 0.3 is 0 Å². The molecule has 5 aromatic rings. The molecule has 0 spiro atoms. The molecule has 0 radical (unpaired) electrons. The van der Waals surface area contributed by atoms with Gasteiger partial charge in [-0.25, -0.2) is 9.67 Å². The minimum atomic E-state index is 0.727. The van der Waals surface area contributed by atoms with Gasteiger partial charge < -0.3 is 4.57 Å². The summed E-state index contributed by atoms with van der Waals surface area (Å²) in [6.45, 7) is 10.5. The lowest BCUT2D eigenvalue weighted by Gasteiger charge is -2.09. The fourth-order valence-electron chi connectivity index (χ4n) is 4.38. The minimum Gasteiger partial charge on any atom is -0.318 e. The standard InChI is InChI=1S/C31H29ClN4S/c1-20-7-10-25(11-8-20)30-19-37-31(34-29-16-21(2)6-9-22(29)3)36(30)33-18-26-17-23(4)35(24(26)5)28-14-12-27(32)13-15-28/h6-19H,1-5H3/b33-18-,34-31?. The SMILES string of the molecule is Cc1ccc(-c2csc(=Nc3cc(C)ccc3C)n2/N=C\c2cc(C)n(-c3ccc(Cl)cc3)c2C)cc1. The van der Waals surface area contributed by atoms with Gasteiger partial charge in [0.15, 0.2) is 0 Å². The van der Waals surface area contributed by atoms with Crippen LogP contribution in [0, 0.1) is 34.6 Å². The molecule has 0 amide bonds. The fraction of sp³-hybridized carbons (Fsp3) is 0.161. The van der Waals surface area contributed by atoms with Gasteiger partial charge in [-0.05, 0) is 82.1 Å². The van der Waals surface area contributed by atoms with Crippen LogP contribution in [0.4, 0.5) is 5.69 Å². The van der Waals surface area contributed by atoms with Crippen LogP contribution in [0.3, 0.4) is 0 Å². The Labute approximate surface area is 226 Å². The van der Waals surface area contributed by atoms with Crippen LogP contribution >= 0.6 is 22.9 Å². The normalized spacial score (nSPS) is 12.1. The van der Waals surface area contributed by atoms with Gasteiger partial charge in [0, 0.05) is 38.6 Å². The van der Waals surface area contributed by atoms with Crippen LogP contribution in [0.5, 0.6) is 0 Å². The third-order valence-electron chi connectivity index (χ3n) is 6.48. The molecule has 6 heteroatoms. The second kappa shape index (κ2) is 10.4. The van der Waals surface area contributed by atoms with E-state index in [0.29, 0.717) is 0 Å². The number of hydrogen-bond donors (Lipinski definition) is 0. The molecule has 0 unspecified atom stereocenters. The predicted octanol–water partition coefficient (Wildman–Crippen LogP) is 8.32. The molecule has 0 atom stereocenters. The van der Waals surface area contributed by atoms with Crippen molar-refractivity contribution in [3.8, 4) is 16.9 Å². The summed E-state index contributed by atoms with van der Waals surface area (Å²) in [4.78, 5) is 5.85. The Morgan fingerprint density at radius 1 is 0.811 bits per heavy atom. The van der Waals surface area contributed by atoms with Gasteiger partial charge in [0.2, 0.25) is 4.80 Å². The van der Waals surface area contributed by atoms with Crippen molar-refractivity contribution in [3.63, 3.8) is 0 Å². The summed E-state index contributed by atoms with van der Waals surface area (Å²) in [6.07, 6.45) is 1.93. The summed E-state index contributed by atoms with van der Waals surface area (Å²) in [5.74, 6) is 0. The van der Waals surface area contributed by atoms with Gasteiger partial charge in [-0.2, -0.15) is 5.10 Å². The lowest BCUT2D eigenvalue weighted by molar-refractivity contribution is 0.853. The first-order chi connectivity index (χ1) is 17.8. The molecular formula is C31H29ClN4S. The minimum absolute atomic E-state index is 0.727. The van der Waals surface area contributed by atoms with E-state index in [0.717, 1.165) is 55.0 Å². The van der Waals surface area contributed by atoms with E-state index < -0.39 is 0 Å². The lowest BCUT2D eigenvalue weighted by atomic mass is 10.1. The third-order valence-corrected chi connectivity index (χ3v) is 7.55. The average Bonchev–Trinajstić information content (AvgIpc) is 3.40. The maximum atomic E-state index is 6.11. The lowest BCUT2D eigenvalue weighted by Crippen LogP contribution is -2.12. The Balaban J connectivity index is 1.63. The molecule has 0 N–H and O–H groups in total. The molecule has 2 aromatic heterocycles. The van der Waals surface area contributed by atoms with Crippen molar-refractivity contribution in [1.82, 2.24) is 9.24 Å². The summed E-state index contributed by atoms with van der Waals surface area (Å²) in [7, 11) is 0. The van der Waals surface area contributed by atoms with Crippen LogP contribution in [0.15, 0.2) is 88.3 Å². The molecule has 3 aromatic carbocycles. The van der Waals surface area contributed by atoms with Crippen LogP contribution in [0.2, 0.25) is 5.02 Å². The van der Waals surface area contributed by atoms with Crippen LogP contribution in [-0.2, 0) is 0 Å². The van der Waals surface area contributed by atoms with Crippen LogP contribution in [-0.4, -0.2) is 15.5 Å². The quantitative estimate of drug-likeness (QED) is 0.207. The third kappa shape index (κ3) is 5.24. The van der Waals surface area contributed by atoms with E-state index in [9.17, 15) is 0 Å². The van der Waals surface area contributed by atoms with Gasteiger partial charge in [0.25, 0.3) is 0 Å². The molecule has 0 fully saturated rings. The van der Waals surface area contributed by atoms with Crippen molar-refractivity contribution in [1.29, 1.82) is 0 Å².